The predicted molar refractivity (Wildman–Crippen MR) is 33.6 cm³/mol. The van der Waals surface area contributed by atoms with Crippen LogP contribution in [-0.2, 0) is 4.79 Å². The van der Waals surface area contributed by atoms with Crippen LogP contribution in [0, 0.1) is 0 Å². The molecule has 0 atom stereocenters. The third-order valence-corrected chi connectivity index (χ3v) is 1.01. The van der Waals surface area contributed by atoms with Gasteiger partial charge in [-0.3, -0.25) is 0 Å². The average molecular weight is 177 g/mol. The Labute approximate surface area is 57.4 Å². The van der Waals surface area contributed by atoms with Crippen molar-refractivity contribution >= 4 is 21.9 Å². The first-order valence-electron chi connectivity index (χ1n) is 2.13. The van der Waals surface area contributed by atoms with Crippen molar-refractivity contribution in [3.05, 3.63) is 11.1 Å². The van der Waals surface area contributed by atoms with Crippen LogP contribution in [0.15, 0.2) is 11.1 Å². The molecule has 1 amide bonds. The van der Waals surface area contributed by atoms with E-state index in [2.05, 4.69) is 22.6 Å². The zero-order chi connectivity index (χ0) is 6.73. The molecule has 0 aromatic rings. The van der Waals surface area contributed by atoms with Gasteiger partial charge in [0.25, 0.3) is 0 Å². The van der Waals surface area contributed by atoms with E-state index in [1.54, 1.807) is 14.1 Å². The summed E-state index contributed by atoms with van der Waals surface area (Å²) < 4.78 is 0.454. The summed E-state index contributed by atoms with van der Waals surface area (Å²) in [5.41, 5.74) is 0. The second kappa shape index (κ2) is 2.90. The van der Waals surface area contributed by atoms with Gasteiger partial charge in [0.05, 0.1) is 0 Å². The first-order valence-corrected chi connectivity index (χ1v) is 2.99. The van der Waals surface area contributed by atoms with Gasteiger partial charge in [-0.25, -0.2) is 0 Å². The summed E-state index contributed by atoms with van der Waals surface area (Å²) >= 11 is 2.54. The Hall–Kier alpha value is -0.271. The Morgan fingerprint density at radius 1 is 1.62 bits per heavy atom. The van der Waals surface area contributed by atoms with Crippen molar-refractivity contribution in [2.75, 3.05) is 14.1 Å². The van der Waals surface area contributed by atoms with Crippen LogP contribution < -0.4 is 0 Å². The van der Waals surface area contributed by atoms with Gasteiger partial charge in [0, 0.05) is 0 Å². The Morgan fingerprint density at radius 3 is 2.00 bits per heavy atom. The Kier molecular flexibility index (Phi) is 2.80. The molecule has 8 heavy (non-hydrogen) atoms. The van der Waals surface area contributed by atoms with Crippen LogP contribution in [0.25, 0.3) is 0 Å². The zero-order valence-corrected chi connectivity index (χ0v) is 6.68. The van der Waals surface area contributed by atoms with Crippen molar-refractivity contribution < 1.29 is 4.79 Å². The van der Waals surface area contributed by atoms with E-state index in [9.17, 15) is 4.79 Å². The molecule has 0 N–H and O–H groups in total. The fourth-order valence-electron chi connectivity index (χ4n) is 0.249. The molecule has 0 saturated heterocycles. The number of nitrogens with zero attached hydrogens (tertiary/aromatic N) is 1. The number of likely N-dealkylation sites (N-methyl/N-ethyl adjacent to an activating group) is 1. The van der Waals surface area contributed by atoms with Crippen molar-refractivity contribution in [1.82, 2.24) is 4.90 Å². The van der Waals surface area contributed by atoms with E-state index >= 15 is 0 Å². The molecular formula is C5H8NOSe. The molecule has 2 nitrogen and oxygen atoms in total. The third kappa shape index (κ3) is 2.15. The standard InChI is InChI=1S/C5H8NOSe/c1-4(8)5(7)6(2)3/h1H2,2-3H3. The van der Waals surface area contributed by atoms with E-state index in [1.807, 2.05) is 0 Å². The van der Waals surface area contributed by atoms with Gasteiger partial charge in [-0.2, -0.15) is 0 Å². The van der Waals surface area contributed by atoms with Crippen molar-refractivity contribution in [2.24, 2.45) is 0 Å². The van der Waals surface area contributed by atoms with Crippen LogP contribution >= 0.6 is 0 Å². The molecule has 0 aliphatic heterocycles. The first kappa shape index (κ1) is 7.73. The predicted octanol–water partition coefficient (Wildman–Crippen LogP) is -0.243. The molecule has 0 aliphatic rings. The second-order valence-electron chi connectivity index (χ2n) is 1.62. The second-order valence-corrected chi connectivity index (χ2v) is 2.66. The SMILES string of the molecule is C=C([Se])C(=O)N(C)C. The topological polar surface area (TPSA) is 20.3 Å². The fraction of sp³-hybridized carbons (Fsp3) is 0.400. The summed E-state index contributed by atoms with van der Waals surface area (Å²) in [6, 6.07) is 0. The number of hydrogen-bond acceptors (Lipinski definition) is 1. The number of hydrogen-bond donors (Lipinski definition) is 0. The molecular weight excluding hydrogens is 169 g/mol. The van der Waals surface area contributed by atoms with Gasteiger partial charge in [0.2, 0.25) is 0 Å². The summed E-state index contributed by atoms with van der Waals surface area (Å²) in [6.45, 7) is 3.43. The van der Waals surface area contributed by atoms with E-state index in [1.165, 1.54) is 4.90 Å². The average Bonchev–Trinajstić information content (AvgIpc) is 1.64. The third-order valence-electron chi connectivity index (χ3n) is 0.645. The monoisotopic (exact) mass is 178 g/mol. The van der Waals surface area contributed by atoms with Crippen LogP contribution in [0.4, 0.5) is 0 Å². The van der Waals surface area contributed by atoms with Crippen LogP contribution in [0.2, 0.25) is 0 Å². The van der Waals surface area contributed by atoms with E-state index in [-0.39, 0.29) is 5.91 Å². The summed E-state index contributed by atoms with van der Waals surface area (Å²) in [7, 11) is 3.37. The minimum atomic E-state index is -0.0648. The molecule has 0 saturated carbocycles. The zero-order valence-electron chi connectivity index (χ0n) is 4.97. The van der Waals surface area contributed by atoms with Crippen molar-refractivity contribution in [3.8, 4) is 0 Å². The molecule has 0 bridgehead atoms. The Bertz CT molecular complexity index is 120. The summed E-state index contributed by atoms with van der Waals surface area (Å²) in [6.07, 6.45) is 0. The molecule has 0 rings (SSSR count). The summed E-state index contributed by atoms with van der Waals surface area (Å²) in [5, 5.41) is 0. The molecule has 0 aromatic carbocycles. The van der Waals surface area contributed by atoms with Crippen molar-refractivity contribution in [2.45, 2.75) is 0 Å². The number of rotatable bonds is 1. The first-order chi connectivity index (χ1) is 3.55. The molecule has 0 heterocycles. The molecule has 1 radical (unpaired) electrons. The van der Waals surface area contributed by atoms with Crippen molar-refractivity contribution in [1.29, 1.82) is 0 Å². The number of amides is 1. The molecule has 0 spiro atoms. The molecule has 0 fully saturated rings. The van der Waals surface area contributed by atoms with Crippen LogP contribution in [0.5, 0.6) is 0 Å². The number of carbonyl (C=O) groups excluding carboxylic acids is 1. The normalized spacial score (nSPS) is 8.25. The molecule has 0 aliphatic carbocycles. The van der Waals surface area contributed by atoms with E-state index < -0.39 is 0 Å². The van der Waals surface area contributed by atoms with E-state index in [4.69, 9.17) is 0 Å². The van der Waals surface area contributed by atoms with E-state index in [0.717, 1.165) is 0 Å². The molecule has 45 valence electrons. The maximum absolute atomic E-state index is 10.6. The molecule has 0 unspecified atom stereocenters. The quantitative estimate of drug-likeness (QED) is 0.399. The van der Waals surface area contributed by atoms with Crippen molar-refractivity contribution in [3.63, 3.8) is 0 Å². The number of carbonyl (C=O) groups is 1. The van der Waals surface area contributed by atoms with Gasteiger partial charge >= 0.3 is 56.8 Å². The van der Waals surface area contributed by atoms with Gasteiger partial charge in [-0.05, 0) is 0 Å². The Morgan fingerprint density at radius 2 is 2.00 bits per heavy atom. The molecule has 3 heteroatoms. The van der Waals surface area contributed by atoms with Gasteiger partial charge in [0.15, 0.2) is 0 Å². The van der Waals surface area contributed by atoms with Crippen LogP contribution in [0.1, 0.15) is 0 Å². The summed E-state index contributed by atoms with van der Waals surface area (Å²) in [4.78, 5) is 12.1. The van der Waals surface area contributed by atoms with Gasteiger partial charge in [-0.1, -0.05) is 0 Å². The fourth-order valence-corrected chi connectivity index (χ4v) is 0.632. The maximum atomic E-state index is 10.6. The van der Waals surface area contributed by atoms with Gasteiger partial charge in [0.1, 0.15) is 0 Å². The summed E-state index contributed by atoms with van der Waals surface area (Å²) in [5.74, 6) is -0.0648. The van der Waals surface area contributed by atoms with Gasteiger partial charge < -0.3 is 0 Å². The van der Waals surface area contributed by atoms with E-state index in [0.29, 0.717) is 4.47 Å². The molecule has 0 aromatic heterocycles. The minimum absolute atomic E-state index is 0.0648. The van der Waals surface area contributed by atoms with Crippen LogP contribution in [0.3, 0.4) is 0 Å². The van der Waals surface area contributed by atoms with Gasteiger partial charge in [-0.15, -0.1) is 0 Å². The Balaban J connectivity index is 3.84. The van der Waals surface area contributed by atoms with Crippen LogP contribution in [-0.4, -0.2) is 40.9 Å².